The van der Waals surface area contributed by atoms with Crippen LogP contribution in [0.15, 0.2) is 54.6 Å². The second kappa shape index (κ2) is 4.80. The minimum absolute atomic E-state index is 0.154. The zero-order valence-electron chi connectivity index (χ0n) is 8.89. The van der Waals surface area contributed by atoms with Crippen molar-refractivity contribution in [2.45, 2.75) is 0 Å². The van der Waals surface area contributed by atoms with Gasteiger partial charge in [0, 0.05) is 0 Å². The number of fused-ring (bicyclic) bond motifs is 1. The summed E-state index contributed by atoms with van der Waals surface area (Å²) in [6.45, 7) is 0. The van der Waals surface area contributed by atoms with E-state index in [-0.39, 0.29) is 5.82 Å². The molecule has 0 radical (unpaired) electrons. The van der Waals surface area contributed by atoms with Gasteiger partial charge in [-0.1, -0.05) is 0 Å². The van der Waals surface area contributed by atoms with Gasteiger partial charge in [-0.25, -0.2) is 0 Å². The first kappa shape index (κ1) is 11.3. The predicted octanol–water partition coefficient (Wildman–Crippen LogP) is 1.69. The van der Waals surface area contributed by atoms with Gasteiger partial charge in [0.15, 0.2) is 0 Å². The molecule has 3 heteroatoms. The molecule has 0 aliphatic rings. The van der Waals surface area contributed by atoms with Crippen LogP contribution in [0.1, 0.15) is 0 Å². The third kappa shape index (κ3) is 2.53. The van der Waals surface area contributed by atoms with Crippen molar-refractivity contribution in [1.29, 1.82) is 0 Å². The summed E-state index contributed by atoms with van der Waals surface area (Å²) in [6.07, 6.45) is 0. The van der Waals surface area contributed by atoms with Crippen LogP contribution in [0.3, 0.4) is 0 Å². The minimum atomic E-state index is -0.154. The van der Waals surface area contributed by atoms with Crippen LogP contribution in [0, 0.1) is 5.82 Å². The summed E-state index contributed by atoms with van der Waals surface area (Å²) < 4.78 is 17.1. The number of halogens is 1. The fourth-order valence-electron chi connectivity index (χ4n) is 1.63. The maximum atomic E-state index is 12.8. The molecule has 0 bridgehead atoms. The van der Waals surface area contributed by atoms with E-state index in [1.807, 2.05) is 12.1 Å². The summed E-state index contributed by atoms with van der Waals surface area (Å²) in [6, 6.07) is 17.8. The molecule has 84 valence electrons. The van der Waals surface area contributed by atoms with Crippen molar-refractivity contribution in [2.24, 2.45) is 0 Å². The molecule has 0 amide bonds. The Hall–Kier alpha value is -0.851. The molecule has 0 aliphatic heterocycles. The molecule has 17 heavy (non-hydrogen) atoms. The topological polar surface area (TPSA) is 0 Å². The normalized spacial score (nSPS) is 10.9. The van der Waals surface area contributed by atoms with Crippen molar-refractivity contribution in [3.8, 4) is 0 Å². The van der Waals surface area contributed by atoms with Crippen LogP contribution >= 0.6 is 0 Å². The number of rotatable bonds is 2. The van der Waals surface area contributed by atoms with Crippen molar-refractivity contribution in [2.75, 3.05) is 0 Å². The Bertz CT molecular complexity index is 608. The van der Waals surface area contributed by atoms with Gasteiger partial charge in [0.05, 0.1) is 0 Å². The number of benzene rings is 2. The third-order valence-electron chi connectivity index (χ3n) is 2.43. The van der Waals surface area contributed by atoms with E-state index in [1.165, 1.54) is 17.4 Å². The van der Waals surface area contributed by atoms with Gasteiger partial charge in [-0.15, -0.1) is 0 Å². The molecular formula is C14H9FSe2. The van der Waals surface area contributed by atoms with E-state index in [4.69, 9.17) is 0 Å². The Morgan fingerprint density at radius 2 is 1.71 bits per heavy atom. The Morgan fingerprint density at radius 3 is 2.47 bits per heavy atom. The summed E-state index contributed by atoms with van der Waals surface area (Å²) in [4.78, 5) is 0. The SMILES string of the molecule is Fc1ccc([Se]c2cc3ccccc3[se]2)cc1. The molecule has 0 saturated carbocycles. The van der Waals surface area contributed by atoms with Crippen molar-refractivity contribution >= 4 is 46.9 Å². The van der Waals surface area contributed by atoms with Crippen LogP contribution in [-0.4, -0.2) is 29.5 Å². The van der Waals surface area contributed by atoms with E-state index >= 15 is 0 Å². The van der Waals surface area contributed by atoms with Gasteiger partial charge in [0.25, 0.3) is 0 Å². The van der Waals surface area contributed by atoms with Gasteiger partial charge in [-0.2, -0.15) is 0 Å². The van der Waals surface area contributed by atoms with Crippen molar-refractivity contribution in [3.63, 3.8) is 0 Å². The van der Waals surface area contributed by atoms with Crippen molar-refractivity contribution in [1.82, 2.24) is 0 Å². The van der Waals surface area contributed by atoms with Crippen LogP contribution in [0.5, 0.6) is 0 Å². The molecule has 2 aromatic carbocycles. The van der Waals surface area contributed by atoms with E-state index in [2.05, 4.69) is 30.3 Å². The summed E-state index contributed by atoms with van der Waals surface area (Å²) in [5.41, 5.74) is 0. The second-order valence-corrected chi connectivity index (χ2v) is 9.58. The van der Waals surface area contributed by atoms with E-state index in [0.717, 1.165) is 0 Å². The van der Waals surface area contributed by atoms with Gasteiger partial charge in [-0.3, -0.25) is 0 Å². The van der Waals surface area contributed by atoms with Crippen LogP contribution < -0.4 is 7.80 Å². The van der Waals surface area contributed by atoms with E-state index in [1.54, 1.807) is 12.1 Å². The molecular weight excluding hydrogens is 345 g/mol. The molecule has 0 fully saturated rings. The summed E-state index contributed by atoms with van der Waals surface area (Å²) >= 11 is 0.803. The van der Waals surface area contributed by atoms with Gasteiger partial charge in [0.2, 0.25) is 0 Å². The van der Waals surface area contributed by atoms with Gasteiger partial charge < -0.3 is 0 Å². The zero-order chi connectivity index (χ0) is 11.7. The predicted molar refractivity (Wildman–Crippen MR) is 72.3 cm³/mol. The Labute approximate surface area is 111 Å². The molecule has 0 nitrogen and oxygen atoms in total. The molecule has 0 atom stereocenters. The third-order valence-corrected chi connectivity index (χ3v) is 7.90. The first-order valence-corrected chi connectivity index (χ1v) is 8.66. The van der Waals surface area contributed by atoms with Crippen LogP contribution in [-0.2, 0) is 0 Å². The molecule has 3 aromatic rings. The molecule has 0 N–H and O–H groups in total. The summed E-state index contributed by atoms with van der Waals surface area (Å²) in [5, 5.41) is 1.37. The first-order valence-electron chi connectivity index (χ1n) is 5.23. The molecule has 1 heterocycles. The van der Waals surface area contributed by atoms with E-state index in [9.17, 15) is 4.39 Å². The molecule has 0 aliphatic carbocycles. The molecule has 0 saturated heterocycles. The Balaban J connectivity index is 1.92. The van der Waals surface area contributed by atoms with Crippen LogP contribution in [0.25, 0.3) is 9.65 Å². The number of hydrogen-bond donors (Lipinski definition) is 0. The van der Waals surface area contributed by atoms with Gasteiger partial charge in [-0.05, 0) is 0 Å². The maximum absolute atomic E-state index is 12.8. The first-order chi connectivity index (χ1) is 8.31. The van der Waals surface area contributed by atoms with Gasteiger partial charge in [0.1, 0.15) is 0 Å². The second-order valence-electron chi connectivity index (χ2n) is 3.66. The molecule has 3 rings (SSSR count). The quantitative estimate of drug-likeness (QED) is 0.615. The standard InChI is InChI=1S/C14H9FSe2/c15-11-5-7-12(8-6-11)16-14-9-10-3-1-2-4-13(10)17-14/h1-9H. The Morgan fingerprint density at radius 1 is 0.941 bits per heavy atom. The summed E-state index contributed by atoms with van der Waals surface area (Å²) in [7, 11) is 0. The van der Waals surface area contributed by atoms with E-state index < -0.39 is 0 Å². The zero-order valence-corrected chi connectivity index (χ0v) is 12.3. The van der Waals surface area contributed by atoms with Gasteiger partial charge >= 0.3 is 112 Å². The van der Waals surface area contributed by atoms with Crippen LogP contribution in [0.2, 0.25) is 0 Å². The monoisotopic (exact) mass is 356 g/mol. The molecule has 1 aromatic heterocycles. The molecule has 0 spiro atoms. The van der Waals surface area contributed by atoms with Crippen molar-refractivity contribution in [3.05, 3.63) is 60.4 Å². The Kier molecular flexibility index (Phi) is 3.17. The average Bonchev–Trinajstić information content (AvgIpc) is 2.74. The fraction of sp³-hybridized carbons (Fsp3) is 0. The average molecular weight is 354 g/mol. The van der Waals surface area contributed by atoms with E-state index in [0.29, 0.717) is 29.5 Å². The fourth-order valence-corrected chi connectivity index (χ4v) is 7.31. The summed E-state index contributed by atoms with van der Waals surface area (Å²) in [5.74, 6) is -0.154. The molecule has 0 unspecified atom stereocenters. The van der Waals surface area contributed by atoms with Crippen LogP contribution in [0.4, 0.5) is 4.39 Å². The number of hydrogen-bond acceptors (Lipinski definition) is 0. The van der Waals surface area contributed by atoms with Crippen molar-refractivity contribution < 1.29 is 4.39 Å².